The Hall–Kier alpha value is -2.53. The molecule has 0 fully saturated rings. The van der Waals surface area contributed by atoms with Crippen molar-refractivity contribution in [2.45, 2.75) is 13.5 Å². The Balaban J connectivity index is 2.92. The molecule has 5 heteroatoms. The van der Waals surface area contributed by atoms with Crippen molar-refractivity contribution < 1.29 is 0 Å². The van der Waals surface area contributed by atoms with Crippen LogP contribution in [0.4, 0.5) is 0 Å². The molecule has 2 aromatic rings. The molecule has 0 unspecified atom stereocenters. The predicted octanol–water partition coefficient (Wildman–Crippen LogP) is 0.309. The van der Waals surface area contributed by atoms with Crippen LogP contribution in [0.5, 0.6) is 0 Å². The molecule has 0 aromatic carbocycles. The van der Waals surface area contributed by atoms with Crippen LogP contribution >= 0.6 is 0 Å². The first-order valence-corrected chi connectivity index (χ1v) is 4.60. The predicted molar refractivity (Wildman–Crippen MR) is 57.7 cm³/mol. The largest absolute Gasteiger partial charge is 0.320 e. The average Bonchev–Trinajstić information content (AvgIpc) is 2.65. The molecule has 2 heterocycles. The summed E-state index contributed by atoms with van der Waals surface area (Å²) in [6.07, 6.45) is 6.68. The zero-order valence-corrected chi connectivity index (χ0v) is 8.64. The fourth-order valence-electron chi connectivity index (χ4n) is 1.53. The molecule has 2 rings (SSSR count). The van der Waals surface area contributed by atoms with E-state index in [2.05, 4.69) is 11.0 Å². The molecular formula is C11H8N4O. The van der Waals surface area contributed by atoms with E-state index in [0.717, 1.165) is 0 Å². The van der Waals surface area contributed by atoms with Crippen molar-refractivity contribution in [1.82, 2.24) is 14.2 Å². The Labute approximate surface area is 91.5 Å². The van der Waals surface area contributed by atoms with E-state index < -0.39 is 5.56 Å². The highest BCUT2D eigenvalue weighted by atomic mass is 16.1. The molecule has 0 saturated carbocycles. The summed E-state index contributed by atoms with van der Waals surface area (Å²) < 4.78 is 2.85. The summed E-state index contributed by atoms with van der Waals surface area (Å²) >= 11 is 0. The van der Waals surface area contributed by atoms with Gasteiger partial charge >= 0.3 is 0 Å². The van der Waals surface area contributed by atoms with Crippen molar-refractivity contribution in [3.63, 3.8) is 0 Å². The summed E-state index contributed by atoms with van der Waals surface area (Å²) in [7, 11) is 0. The first kappa shape index (κ1) is 10.0. The second kappa shape index (κ2) is 3.56. The zero-order valence-electron chi connectivity index (χ0n) is 8.64. The van der Waals surface area contributed by atoms with E-state index >= 15 is 0 Å². The van der Waals surface area contributed by atoms with E-state index in [4.69, 9.17) is 11.7 Å². The quantitative estimate of drug-likeness (QED) is 0.639. The van der Waals surface area contributed by atoms with Crippen molar-refractivity contribution in [2.75, 3.05) is 0 Å². The second-order valence-electron chi connectivity index (χ2n) is 3.35. The van der Waals surface area contributed by atoms with Gasteiger partial charge in [-0.05, 0) is 6.92 Å². The molecule has 0 N–H and O–H groups in total. The molecule has 0 amide bonds. The molecule has 0 radical (unpaired) electrons. The van der Waals surface area contributed by atoms with Crippen LogP contribution in [0.2, 0.25) is 0 Å². The van der Waals surface area contributed by atoms with Gasteiger partial charge in [-0.1, -0.05) is 5.92 Å². The minimum atomic E-state index is -0.418. The number of nitriles is 1. The number of nitrogens with zero attached hydrogens (tertiary/aromatic N) is 4. The van der Waals surface area contributed by atoms with Gasteiger partial charge in [-0.15, -0.1) is 6.42 Å². The minimum Gasteiger partial charge on any atom is -0.320 e. The highest BCUT2D eigenvalue weighted by Crippen LogP contribution is 2.05. The van der Waals surface area contributed by atoms with Gasteiger partial charge < -0.3 is 4.57 Å². The molecule has 78 valence electrons. The molecule has 5 nitrogen and oxygen atoms in total. The van der Waals surface area contributed by atoms with Crippen molar-refractivity contribution in [1.29, 1.82) is 5.26 Å². The van der Waals surface area contributed by atoms with Crippen LogP contribution in [0.1, 0.15) is 11.3 Å². The standard InChI is InChI=1S/C11H8N4O/c1-3-4-14-7-9(6-12)11(16)15-10(14)5-8(2)13-15/h1,5,7H,4H2,2H3. The van der Waals surface area contributed by atoms with Gasteiger partial charge in [0, 0.05) is 12.3 Å². The molecule has 16 heavy (non-hydrogen) atoms. The molecular weight excluding hydrogens is 204 g/mol. The number of hydrogen-bond donors (Lipinski definition) is 0. The molecule has 2 aromatic heterocycles. The molecule has 0 spiro atoms. The van der Waals surface area contributed by atoms with Gasteiger partial charge in [-0.2, -0.15) is 14.9 Å². The normalized spacial score (nSPS) is 9.94. The van der Waals surface area contributed by atoms with E-state index in [1.165, 1.54) is 10.7 Å². The van der Waals surface area contributed by atoms with Crippen LogP contribution in [0, 0.1) is 30.6 Å². The lowest BCUT2D eigenvalue weighted by atomic mass is 10.3. The monoisotopic (exact) mass is 212 g/mol. The molecule has 0 aliphatic rings. The minimum absolute atomic E-state index is 0.0332. The highest BCUT2D eigenvalue weighted by molar-refractivity contribution is 5.43. The third kappa shape index (κ3) is 1.35. The lowest BCUT2D eigenvalue weighted by Crippen LogP contribution is -2.21. The Kier molecular flexibility index (Phi) is 2.23. The van der Waals surface area contributed by atoms with Crippen LogP contribution < -0.4 is 5.56 Å². The summed E-state index contributed by atoms with van der Waals surface area (Å²) in [6, 6.07) is 3.58. The summed E-state index contributed by atoms with van der Waals surface area (Å²) in [4.78, 5) is 11.7. The Morgan fingerprint density at radius 3 is 3.00 bits per heavy atom. The van der Waals surface area contributed by atoms with Crippen molar-refractivity contribution in [3.8, 4) is 18.4 Å². The Bertz CT molecular complexity index is 694. The SMILES string of the molecule is C#CCn1cc(C#N)c(=O)n2nc(C)cc12. The summed E-state index contributed by atoms with van der Waals surface area (Å²) in [5.41, 5.74) is 0.919. The van der Waals surface area contributed by atoms with Gasteiger partial charge in [-0.3, -0.25) is 4.79 Å². The highest BCUT2D eigenvalue weighted by Gasteiger charge is 2.09. The van der Waals surface area contributed by atoms with Crippen molar-refractivity contribution in [2.24, 2.45) is 0 Å². The Morgan fingerprint density at radius 2 is 2.38 bits per heavy atom. The molecule has 0 aliphatic heterocycles. The molecule has 0 atom stereocenters. The van der Waals surface area contributed by atoms with Gasteiger partial charge in [-0.25, -0.2) is 0 Å². The second-order valence-corrected chi connectivity index (χ2v) is 3.35. The van der Waals surface area contributed by atoms with Gasteiger partial charge in [0.1, 0.15) is 17.3 Å². The number of fused-ring (bicyclic) bond motifs is 1. The van der Waals surface area contributed by atoms with E-state index in [-0.39, 0.29) is 5.56 Å². The van der Waals surface area contributed by atoms with Gasteiger partial charge in [0.15, 0.2) is 0 Å². The first-order valence-electron chi connectivity index (χ1n) is 4.60. The van der Waals surface area contributed by atoms with Crippen LogP contribution in [-0.4, -0.2) is 14.2 Å². The number of aryl methyl sites for hydroxylation is 1. The number of rotatable bonds is 1. The maximum absolute atomic E-state index is 11.7. The number of hydrogen-bond acceptors (Lipinski definition) is 3. The van der Waals surface area contributed by atoms with E-state index in [1.54, 1.807) is 17.6 Å². The van der Waals surface area contributed by atoms with Crippen LogP contribution in [0.25, 0.3) is 5.65 Å². The van der Waals surface area contributed by atoms with Gasteiger partial charge in [0.2, 0.25) is 0 Å². The average molecular weight is 212 g/mol. The maximum atomic E-state index is 11.7. The fraction of sp³-hybridized carbons (Fsp3) is 0.182. The number of terminal acetylenes is 1. The van der Waals surface area contributed by atoms with E-state index in [1.807, 2.05) is 6.07 Å². The van der Waals surface area contributed by atoms with Crippen LogP contribution in [-0.2, 0) is 6.54 Å². The summed E-state index contributed by atoms with van der Waals surface area (Å²) in [5.74, 6) is 2.47. The van der Waals surface area contributed by atoms with Crippen LogP contribution in [0.15, 0.2) is 17.1 Å². The van der Waals surface area contributed by atoms with Crippen molar-refractivity contribution >= 4 is 5.65 Å². The smallest absolute Gasteiger partial charge is 0.292 e. The van der Waals surface area contributed by atoms with E-state index in [0.29, 0.717) is 17.9 Å². The molecule has 0 bridgehead atoms. The first-order chi connectivity index (χ1) is 7.67. The lowest BCUT2D eigenvalue weighted by Gasteiger charge is -2.04. The topological polar surface area (TPSA) is 63.1 Å². The van der Waals surface area contributed by atoms with Crippen molar-refractivity contribution in [3.05, 3.63) is 33.9 Å². The third-order valence-corrected chi connectivity index (χ3v) is 2.20. The maximum Gasteiger partial charge on any atom is 0.292 e. The Morgan fingerprint density at radius 1 is 1.62 bits per heavy atom. The lowest BCUT2D eigenvalue weighted by molar-refractivity contribution is 0.781. The molecule has 0 aliphatic carbocycles. The van der Waals surface area contributed by atoms with Gasteiger partial charge in [0.25, 0.3) is 5.56 Å². The zero-order chi connectivity index (χ0) is 11.7. The summed E-state index contributed by atoms with van der Waals surface area (Å²) in [6.45, 7) is 2.07. The fourth-order valence-corrected chi connectivity index (χ4v) is 1.53. The summed E-state index contributed by atoms with van der Waals surface area (Å²) in [5, 5.41) is 12.8. The third-order valence-electron chi connectivity index (χ3n) is 2.20. The van der Waals surface area contributed by atoms with Gasteiger partial charge in [0.05, 0.1) is 12.2 Å². The van der Waals surface area contributed by atoms with Crippen LogP contribution in [0.3, 0.4) is 0 Å². The molecule has 0 saturated heterocycles. The number of aromatic nitrogens is 3. The van der Waals surface area contributed by atoms with E-state index in [9.17, 15) is 4.79 Å².